The molecule has 2 aromatic carbocycles. The van der Waals surface area contributed by atoms with Gasteiger partial charge in [0, 0.05) is 23.2 Å². The number of likely N-dealkylation sites (tertiary alicyclic amines) is 1. The molecule has 10 heteroatoms. The van der Waals surface area contributed by atoms with Crippen LogP contribution in [0.25, 0.3) is 0 Å². The van der Waals surface area contributed by atoms with Crippen molar-refractivity contribution in [1.82, 2.24) is 19.7 Å². The summed E-state index contributed by atoms with van der Waals surface area (Å²) in [5.41, 5.74) is 1.42. The first-order valence-corrected chi connectivity index (χ1v) is 12.3. The third kappa shape index (κ3) is 5.36. The first-order chi connectivity index (χ1) is 17.0. The molecule has 0 unspecified atom stereocenters. The second kappa shape index (κ2) is 10.1. The molecule has 0 spiro atoms. The van der Waals surface area contributed by atoms with E-state index in [2.05, 4.69) is 20.1 Å². The minimum Gasteiger partial charge on any atom is -0.314 e. The normalized spacial score (nSPS) is 16.1. The second-order valence-electron chi connectivity index (χ2n) is 9.55. The summed E-state index contributed by atoms with van der Waals surface area (Å²) in [5.74, 6) is 1.64. The fourth-order valence-electron chi connectivity index (χ4n) is 4.72. The molecule has 1 aliphatic heterocycles. The number of hydrogen-bond acceptors (Lipinski definition) is 3. The van der Waals surface area contributed by atoms with Crippen LogP contribution in [0.1, 0.15) is 72.6 Å². The van der Waals surface area contributed by atoms with Gasteiger partial charge in [0.2, 0.25) is 0 Å². The summed E-state index contributed by atoms with van der Waals surface area (Å²) in [7, 11) is 0. The van der Waals surface area contributed by atoms with Crippen LogP contribution < -0.4 is 5.32 Å². The lowest BCUT2D eigenvalue weighted by atomic mass is 10.0. The molecule has 1 aliphatic rings. The molecule has 6 nitrogen and oxygen atoms in total. The molecule has 4 rings (SSSR count). The van der Waals surface area contributed by atoms with Gasteiger partial charge in [-0.15, -0.1) is 10.2 Å². The average Bonchev–Trinajstić information content (AvgIpc) is 3.44. The van der Waals surface area contributed by atoms with Gasteiger partial charge < -0.3 is 14.8 Å². The smallest absolute Gasteiger partial charge is 0.314 e. The highest BCUT2D eigenvalue weighted by Crippen LogP contribution is 2.36. The first kappa shape index (κ1) is 26.0. The second-order valence-corrected chi connectivity index (χ2v) is 9.98. The van der Waals surface area contributed by atoms with Crippen molar-refractivity contribution in [1.29, 1.82) is 0 Å². The number of benzene rings is 2. The van der Waals surface area contributed by atoms with Gasteiger partial charge in [0.1, 0.15) is 5.82 Å². The van der Waals surface area contributed by atoms with E-state index in [1.54, 1.807) is 18.7 Å². The first-order valence-electron chi connectivity index (χ1n) is 11.9. The van der Waals surface area contributed by atoms with Gasteiger partial charge in [-0.25, -0.2) is 4.79 Å². The molecule has 0 bridgehead atoms. The lowest BCUT2D eigenvalue weighted by molar-refractivity contribution is -0.137. The molecule has 0 aliphatic carbocycles. The summed E-state index contributed by atoms with van der Waals surface area (Å²) in [4.78, 5) is 15.1. The van der Waals surface area contributed by atoms with E-state index in [9.17, 15) is 18.0 Å². The molecule has 36 heavy (non-hydrogen) atoms. The van der Waals surface area contributed by atoms with Crippen LogP contribution in [0.3, 0.4) is 0 Å². The number of urea groups is 1. The van der Waals surface area contributed by atoms with E-state index in [0.717, 1.165) is 36.4 Å². The number of nitrogens with zero attached hydrogens (tertiary/aromatic N) is 4. The number of rotatable bonds is 5. The highest BCUT2D eigenvalue weighted by atomic mass is 35.5. The minimum absolute atomic E-state index is 0.125. The van der Waals surface area contributed by atoms with Gasteiger partial charge >= 0.3 is 12.2 Å². The highest BCUT2D eigenvalue weighted by molar-refractivity contribution is 6.30. The maximum Gasteiger partial charge on any atom is 0.416 e. The number of carbonyl (C=O) groups is 1. The Morgan fingerprint density at radius 3 is 2.36 bits per heavy atom. The highest BCUT2D eigenvalue weighted by Gasteiger charge is 2.36. The number of carbonyl (C=O) groups excluding carboxylic acids is 1. The van der Waals surface area contributed by atoms with Crippen molar-refractivity contribution in [2.24, 2.45) is 0 Å². The number of halogens is 4. The van der Waals surface area contributed by atoms with Crippen LogP contribution in [-0.4, -0.2) is 32.2 Å². The summed E-state index contributed by atoms with van der Waals surface area (Å²) < 4.78 is 41.6. The number of nitrogens with one attached hydrogen (secondary N) is 1. The molecule has 0 radical (unpaired) electrons. The molecular formula is C26H29ClF3N5O. The van der Waals surface area contributed by atoms with Crippen molar-refractivity contribution in [3.63, 3.8) is 0 Å². The van der Waals surface area contributed by atoms with E-state index in [-0.39, 0.29) is 18.0 Å². The van der Waals surface area contributed by atoms with Gasteiger partial charge in [-0.05, 0) is 67.6 Å². The van der Waals surface area contributed by atoms with E-state index >= 15 is 0 Å². The Hall–Kier alpha value is -3.07. The number of amides is 2. The number of aryl methyl sites for hydroxylation is 2. The van der Waals surface area contributed by atoms with Crippen molar-refractivity contribution in [2.75, 3.05) is 11.9 Å². The Morgan fingerprint density at radius 1 is 1.14 bits per heavy atom. The van der Waals surface area contributed by atoms with Crippen molar-refractivity contribution < 1.29 is 18.0 Å². The van der Waals surface area contributed by atoms with Gasteiger partial charge in [-0.1, -0.05) is 37.6 Å². The predicted octanol–water partition coefficient (Wildman–Crippen LogP) is 7.11. The Labute approximate surface area is 213 Å². The zero-order valence-electron chi connectivity index (χ0n) is 20.7. The standard InChI is InChI=1S/C26H29ClF3N5O/c1-15(2)23-32-33-24(35(23)14-18-7-9-20(27)10-8-18)21-6-5-11-34(21)25(36)31-22-16(3)12-19(13-17(22)4)26(28,29)30/h7-10,12-13,15,21H,5-6,11,14H2,1-4H3,(H,31,36)/t21-/m1/s1. The average molecular weight is 520 g/mol. The lowest BCUT2D eigenvalue weighted by Crippen LogP contribution is -2.36. The number of aromatic nitrogens is 3. The van der Waals surface area contributed by atoms with Crippen LogP contribution in [0, 0.1) is 13.8 Å². The molecule has 1 fully saturated rings. The third-order valence-electron chi connectivity index (χ3n) is 6.48. The number of anilines is 1. The SMILES string of the molecule is Cc1cc(C(F)(F)F)cc(C)c1NC(=O)N1CCC[C@@H]1c1nnc(C(C)C)n1Cc1ccc(Cl)cc1. The van der Waals surface area contributed by atoms with E-state index in [1.807, 2.05) is 38.1 Å². The van der Waals surface area contributed by atoms with Gasteiger partial charge in [0.25, 0.3) is 0 Å². The molecule has 1 N–H and O–H groups in total. The monoisotopic (exact) mass is 519 g/mol. The molecular weight excluding hydrogens is 491 g/mol. The molecule has 3 aromatic rings. The lowest BCUT2D eigenvalue weighted by Gasteiger charge is -2.26. The molecule has 192 valence electrons. The number of alkyl halides is 3. The molecule has 0 saturated carbocycles. The maximum absolute atomic E-state index is 13.4. The van der Waals surface area contributed by atoms with Crippen LogP contribution in [0.5, 0.6) is 0 Å². The van der Waals surface area contributed by atoms with Gasteiger partial charge in [-0.3, -0.25) is 0 Å². The summed E-state index contributed by atoms with van der Waals surface area (Å²) in [5, 5.41) is 12.4. The zero-order valence-corrected chi connectivity index (χ0v) is 21.4. The summed E-state index contributed by atoms with van der Waals surface area (Å²) in [6.07, 6.45) is -2.94. The Balaban J connectivity index is 1.61. The van der Waals surface area contributed by atoms with Crippen LogP contribution in [-0.2, 0) is 12.7 Å². The molecule has 1 aromatic heterocycles. The third-order valence-corrected chi connectivity index (χ3v) is 6.73. The van der Waals surface area contributed by atoms with Gasteiger partial charge in [0.05, 0.1) is 18.2 Å². The zero-order chi connectivity index (χ0) is 26.2. The molecule has 2 heterocycles. The Kier molecular flexibility index (Phi) is 7.31. The fourth-order valence-corrected chi connectivity index (χ4v) is 4.84. The van der Waals surface area contributed by atoms with Crippen molar-refractivity contribution >= 4 is 23.3 Å². The number of hydrogen-bond donors (Lipinski definition) is 1. The quantitative estimate of drug-likeness (QED) is 0.391. The largest absolute Gasteiger partial charge is 0.416 e. The molecule has 1 atom stereocenters. The van der Waals surface area contributed by atoms with Crippen LogP contribution in [0.15, 0.2) is 36.4 Å². The van der Waals surface area contributed by atoms with Gasteiger partial charge in [-0.2, -0.15) is 13.2 Å². The maximum atomic E-state index is 13.4. The van der Waals surface area contributed by atoms with Crippen LogP contribution in [0.4, 0.5) is 23.7 Å². The van der Waals surface area contributed by atoms with Crippen molar-refractivity contribution in [2.45, 2.75) is 65.2 Å². The van der Waals surface area contributed by atoms with Crippen LogP contribution >= 0.6 is 11.6 Å². The van der Waals surface area contributed by atoms with E-state index in [4.69, 9.17) is 11.6 Å². The summed E-state index contributed by atoms with van der Waals surface area (Å²) >= 11 is 6.05. The Bertz CT molecular complexity index is 1230. The topological polar surface area (TPSA) is 63.1 Å². The summed E-state index contributed by atoms with van der Waals surface area (Å²) in [6.45, 7) is 8.27. The van der Waals surface area contributed by atoms with Gasteiger partial charge in [0.15, 0.2) is 5.82 Å². The van der Waals surface area contributed by atoms with Crippen LogP contribution in [0.2, 0.25) is 5.02 Å². The predicted molar refractivity (Wildman–Crippen MR) is 133 cm³/mol. The van der Waals surface area contributed by atoms with Crippen molar-refractivity contribution in [3.8, 4) is 0 Å². The van der Waals surface area contributed by atoms with E-state index in [1.165, 1.54) is 0 Å². The molecule has 2 amide bonds. The van der Waals surface area contributed by atoms with Crippen molar-refractivity contribution in [3.05, 3.63) is 75.3 Å². The fraction of sp³-hybridized carbons (Fsp3) is 0.423. The Morgan fingerprint density at radius 2 is 1.78 bits per heavy atom. The van der Waals surface area contributed by atoms with E-state index in [0.29, 0.717) is 40.8 Å². The summed E-state index contributed by atoms with van der Waals surface area (Å²) in [6, 6.07) is 9.02. The van der Waals surface area contributed by atoms with E-state index < -0.39 is 11.7 Å². The minimum atomic E-state index is -4.44. The molecule has 1 saturated heterocycles.